The van der Waals surface area contributed by atoms with E-state index in [0.29, 0.717) is 10.9 Å². The van der Waals surface area contributed by atoms with Crippen LogP contribution in [0.5, 0.6) is 0 Å². The number of carbonyl (C=O) groups is 1. The summed E-state index contributed by atoms with van der Waals surface area (Å²) in [6.45, 7) is 0.125. The van der Waals surface area contributed by atoms with Crippen LogP contribution in [0.1, 0.15) is 14.5 Å². The van der Waals surface area contributed by atoms with E-state index in [1.165, 1.54) is 6.07 Å². The molecule has 0 saturated carbocycles. The van der Waals surface area contributed by atoms with Gasteiger partial charge in [-0.25, -0.2) is 18.0 Å². The first-order valence-electron chi connectivity index (χ1n) is 5.18. The minimum Gasteiger partial charge on any atom is -0.477 e. The Morgan fingerprint density at radius 3 is 2.47 bits per heavy atom. The molecule has 1 aromatic carbocycles. The highest BCUT2D eigenvalue weighted by Gasteiger charge is 2.11. The van der Waals surface area contributed by atoms with Gasteiger partial charge in [-0.1, -0.05) is 0 Å². The van der Waals surface area contributed by atoms with Crippen molar-refractivity contribution in [3.8, 4) is 0 Å². The first-order valence-corrected chi connectivity index (χ1v) is 5.99. The Balaban J connectivity index is 2.09. The van der Waals surface area contributed by atoms with Crippen LogP contribution in [0, 0.1) is 17.5 Å². The number of benzene rings is 1. The van der Waals surface area contributed by atoms with Crippen molar-refractivity contribution >= 4 is 23.0 Å². The van der Waals surface area contributed by atoms with Gasteiger partial charge in [0.15, 0.2) is 11.6 Å². The van der Waals surface area contributed by atoms with Crippen LogP contribution in [0.3, 0.4) is 0 Å². The molecule has 0 spiro atoms. The maximum absolute atomic E-state index is 13.3. The fourth-order valence-electron chi connectivity index (χ4n) is 1.43. The predicted molar refractivity (Wildman–Crippen MR) is 64.9 cm³/mol. The molecule has 0 atom stereocenters. The minimum absolute atomic E-state index is 0.125. The van der Waals surface area contributed by atoms with Crippen LogP contribution in [-0.2, 0) is 6.54 Å². The summed E-state index contributed by atoms with van der Waals surface area (Å²) in [5, 5.41) is 11.3. The van der Waals surface area contributed by atoms with E-state index in [9.17, 15) is 18.0 Å². The molecule has 7 heteroatoms. The summed E-state index contributed by atoms with van der Waals surface area (Å²) in [5.41, 5.74) is -0.177. The Morgan fingerprint density at radius 1 is 1.16 bits per heavy atom. The van der Waals surface area contributed by atoms with Gasteiger partial charge in [-0.05, 0) is 12.1 Å². The van der Waals surface area contributed by atoms with Crippen LogP contribution >= 0.6 is 11.3 Å². The second kappa shape index (κ2) is 5.31. The van der Waals surface area contributed by atoms with Crippen molar-refractivity contribution in [2.45, 2.75) is 6.54 Å². The van der Waals surface area contributed by atoms with Crippen LogP contribution in [0.4, 0.5) is 18.9 Å². The third kappa shape index (κ3) is 3.05. The van der Waals surface area contributed by atoms with Gasteiger partial charge in [-0.2, -0.15) is 0 Å². The lowest BCUT2D eigenvalue weighted by molar-refractivity contribution is 0.0702. The lowest BCUT2D eigenvalue weighted by Crippen LogP contribution is -2.01. The molecule has 1 heterocycles. The van der Waals surface area contributed by atoms with Crippen molar-refractivity contribution in [2.24, 2.45) is 0 Å². The zero-order valence-corrected chi connectivity index (χ0v) is 10.2. The lowest BCUT2D eigenvalue weighted by Gasteiger charge is -2.06. The van der Waals surface area contributed by atoms with Gasteiger partial charge < -0.3 is 10.4 Å². The van der Waals surface area contributed by atoms with Crippen molar-refractivity contribution in [1.82, 2.24) is 0 Å². The van der Waals surface area contributed by atoms with E-state index in [1.807, 2.05) is 0 Å². The molecule has 0 amide bonds. The molecular formula is C12H8F3NO2S. The maximum Gasteiger partial charge on any atom is 0.345 e. The predicted octanol–water partition coefficient (Wildman–Crippen LogP) is 3.48. The van der Waals surface area contributed by atoms with Crippen molar-refractivity contribution in [1.29, 1.82) is 0 Å². The molecule has 0 radical (unpaired) electrons. The summed E-state index contributed by atoms with van der Waals surface area (Å²) in [5.74, 6) is -4.36. The Morgan fingerprint density at radius 2 is 1.84 bits per heavy atom. The van der Waals surface area contributed by atoms with Crippen molar-refractivity contribution in [2.75, 3.05) is 5.32 Å². The molecule has 100 valence electrons. The van der Waals surface area contributed by atoms with Gasteiger partial charge in [0.2, 0.25) is 0 Å². The Bertz CT molecular complexity index is 627. The summed E-state index contributed by atoms with van der Waals surface area (Å²) in [4.78, 5) is 11.5. The number of rotatable bonds is 4. The number of carboxylic acids is 1. The van der Waals surface area contributed by atoms with E-state index in [-0.39, 0.29) is 17.1 Å². The Labute approximate surface area is 110 Å². The molecule has 0 bridgehead atoms. The molecule has 0 saturated heterocycles. The van der Waals surface area contributed by atoms with E-state index in [1.54, 1.807) is 6.07 Å². The average Bonchev–Trinajstić information content (AvgIpc) is 2.81. The number of carboxylic acid groups (broad SMARTS) is 1. The first kappa shape index (κ1) is 13.4. The number of hydrogen-bond acceptors (Lipinski definition) is 3. The molecule has 0 aliphatic heterocycles. The second-order valence-corrected chi connectivity index (χ2v) is 4.84. The van der Waals surface area contributed by atoms with Crippen molar-refractivity contribution in [3.05, 3.63) is 51.5 Å². The molecule has 19 heavy (non-hydrogen) atoms. The molecule has 0 aliphatic carbocycles. The number of thiophene rings is 1. The summed E-state index contributed by atoms with van der Waals surface area (Å²) < 4.78 is 39.0. The third-order valence-corrected chi connectivity index (χ3v) is 3.41. The molecular weight excluding hydrogens is 279 g/mol. The van der Waals surface area contributed by atoms with Crippen molar-refractivity contribution in [3.63, 3.8) is 0 Å². The highest BCUT2D eigenvalue weighted by atomic mass is 32.1. The van der Waals surface area contributed by atoms with E-state index >= 15 is 0 Å². The Kier molecular flexibility index (Phi) is 3.75. The molecule has 1 aromatic heterocycles. The zero-order chi connectivity index (χ0) is 14.0. The van der Waals surface area contributed by atoms with Gasteiger partial charge in [0.25, 0.3) is 0 Å². The van der Waals surface area contributed by atoms with Gasteiger partial charge >= 0.3 is 5.97 Å². The van der Waals surface area contributed by atoms with Gasteiger partial charge in [0, 0.05) is 23.6 Å². The van der Waals surface area contributed by atoms with Gasteiger partial charge in [0.1, 0.15) is 10.7 Å². The highest BCUT2D eigenvalue weighted by Crippen LogP contribution is 2.21. The van der Waals surface area contributed by atoms with Crippen LogP contribution in [-0.4, -0.2) is 11.1 Å². The quantitative estimate of drug-likeness (QED) is 0.846. The monoisotopic (exact) mass is 287 g/mol. The first-order chi connectivity index (χ1) is 8.97. The van der Waals surface area contributed by atoms with E-state index in [4.69, 9.17) is 5.11 Å². The molecule has 0 fully saturated rings. The summed E-state index contributed by atoms with van der Waals surface area (Å²) in [7, 11) is 0. The number of aromatic carboxylic acids is 1. The normalized spacial score (nSPS) is 10.5. The number of halogens is 3. The average molecular weight is 287 g/mol. The van der Waals surface area contributed by atoms with Crippen LogP contribution < -0.4 is 5.32 Å². The minimum atomic E-state index is -1.26. The topological polar surface area (TPSA) is 49.3 Å². The Hall–Kier alpha value is -2.02. The van der Waals surface area contributed by atoms with Gasteiger partial charge in [-0.15, -0.1) is 11.3 Å². The van der Waals surface area contributed by atoms with Gasteiger partial charge in [-0.3, -0.25) is 0 Å². The smallest absolute Gasteiger partial charge is 0.345 e. The summed E-state index contributed by atoms with van der Waals surface area (Å²) in [6, 6.07) is 4.16. The summed E-state index contributed by atoms with van der Waals surface area (Å²) >= 11 is 1.02. The van der Waals surface area contributed by atoms with E-state index < -0.39 is 23.4 Å². The van der Waals surface area contributed by atoms with Crippen LogP contribution in [0.2, 0.25) is 0 Å². The van der Waals surface area contributed by atoms with E-state index in [2.05, 4.69) is 5.32 Å². The summed E-state index contributed by atoms with van der Waals surface area (Å²) in [6.07, 6.45) is 0. The van der Waals surface area contributed by atoms with Crippen LogP contribution in [0.25, 0.3) is 0 Å². The third-order valence-electron chi connectivity index (χ3n) is 2.34. The zero-order valence-electron chi connectivity index (χ0n) is 9.41. The molecule has 0 unspecified atom stereocenters. The molecule has 0 aliphatic rings. The molecule has 2 rings (SSSR count). The van der Waals surface area contributed by atoms with Crippen LogP contribution in [0.15, 0.2) is 24.3 Å². The van der Waals surface area contributed by atoms with E-state index in [0.717, 1.165) is 17.4 Å². The molecule has 2 N–H and O–H groups in total. The fraction of sp³-hybridized carbons (Fsp3) is 0.0833. The second-order valence-electron chi connectivity index (χ2n) is 3.67. The SMILES string of the molecule is O=C(O)c1ccc(CNc2cc(F)c(F)cc2F)s1. The standard InChI is InChI=1S/C12H8F3NO2S/c13-7-3-9(15)10(4-8(7)14)16-5-6-1-2-11(19-6)12(17)18/h1-4,16H,5H2,(H,17,18). The largest absolute Gasteiger partial charge is 0.477 e. The van der Waals surface area contributed by atoms with Crippen molar-refractivity contribution < 1.29 is 23.1 Å². The lowest BCUT2D eigenvalue weighted by atomic mass is 10.2. The fourth-order valence-corrected chi connectivity index (χ4v) is 2.21. The van der Waals surface area contributed by atoms with Gasteiger partial charge in [0.05, 0.1) is 5.69 Å². The number of hydrogen-bond donors (Lipinski definition) is 2. The maximum atomic E-state index is 13.3. The number of anilines is 1. The molecule has 2 aromatic rings. The highest BCUT2D eigenvalue weighted by molar-refractivity contribution is 7.13. The molecule has 3 nitrogen and oxygen atoms in total. The number of nitrogens with one attached hydrogen (secondary N) is 1.